The fourth-order valence-corrected chi connectivity index (χ4v) is 1.12. The third-order valence-electron chi connectivity index (χ3n) is 1.56. The molecule has 0 saturated carbocycles. The van der Waals surface area contributed by atoms with Gasteiger partial charge in [-0.15, -0.1) is 0 Å². The average Bonchev–Trinajstić information content (AvgIpc) is 2.51. The smallest absolute Gasteiger partial charge is 0.141 e. The van der Waals surface area contributed by atoms with Gasteiger partial charge in [0.2, 0.25) is 0 Å². The van der Waals surface area contributed by atoms with Crippen molar-refractivity contribution in [1.82, 2.24) is 14.4 Å². The Kier molecular flexibility index (Phi) is 3.25. The van der Waals surface area contributed by atoms with Crippen molar-refractivity contribution in [2.45, 2.75) is 20.8 Å². The molecule has 13 heavy (non-hydrogen) atoms. The molecule has 0 N–H and O–H groups in total. The van der Waals surface area contributed by atoms with Crippen molar-refractivity contribution in [2.24, 2.45) is 0 Å². The maximum atomic E-state index is 5.66. The molecule has 0 aliphatic rings. The summed E-state index contributed by atoms with van der Waals surface area (Å²) < 4.78 is 1.88. The van der Waals surface area contributed by atoms with Crippen molar-refractivity contribution in [3.05, 3.63) is 29.4 Å². The molecule has 2 rings (SSSR count). The zero-order chi connectivity index (χ0) is 9.84. The first-order valence-electron chi connectivity index (χ1n) is 4.22. The standard InChI is InChI=1S/C7H6ClN3.C2H6/c1-5-3-9-7-2-6(8)10-4-11(5)7;1-2/h2-4H,1H3;1-2H3. The Bertz CT molecular complexity index is 395. The molecule has 2 aromatic heterocycles. The van der Waals surface area contributed by atoms with Gasteiger partial charge in [0.05, 0.1) is 0 Å². The molecule has 0 spiro atoms. The molecule has 0 aliphatic heterocycles. The number of hydrogen-bond acceptors (Lipinski definition) is 2. The van der Waals surface area contributed by atoms with E-state index in [1.54, 1.807) is 18.6 Å². The van der Waals surface area contributed by atoms with Gasteiger partial charge in [0.25, 0.3) is 0 Å². The molecule has 0 aromatic carbocycles. The third kappa shape index (κ3) is 1.98. The van der Waals surface area contributed by atoms with Crippen molar-refractivity contribution in [3.63, 3.8) is 0 Å². The zero-order valence-corrected chi connectivity index (χ0v) is 8.71. The highest BCUT2D eigenvalue weighted by Gasteiger charge is 1.98. The van der Waals surface area contributed by atoms with Crippen LogP contribution in [0.2, 0.25) is 5.15 Å². The molecule has 0 amide bonds. The highest BCUT2D eigenvalue weighted by atomic mass is 35.5. The minimum atomic E-state index is 0.475. The van der Waals surface area contributed by atoms with Crippen LogP contribution in [0.1, 0.15) is 19.5 Å². The van der Waals surface area contributed by atoms with Gasteiger partial charge in [-0.05, 0) is 6.92 Å². The van der Waals surface area contributed by atoms with Gasteiger partial charge in [-0.1, -0.05) is 25.4 Å². The Morgan fingerprint density at radius 3 is 2.69 bits per heavy atom. The van der Waals surface area contributed by atoms with Gasteiger partial charge in [0, 0.05) is 18.0 Å². The molecule has 3 nitrogen and oxygen atoms in total. The van der Waals surface area contributed by atoms with Gasteiger partial charge in [-0.3, -0.25) is 4.40 Å². The highest BCUT2D eigenvalue weighted by Crippen LogP contribution is 2.08. The van der Waals surface area contributed by atoms with Crippen molar-refractivity contribution in [1.29, 1.82) is 0 Å². The van der Waals surface area contributed by atoms with Crippen molar-refractivity contribution in [2.75, 3.05) is 0 Å². The van der Waals surface area contributed by atoms with E-state index in [2.05, 4.69) is 9.97 Å². The minimum Gasteiger partial charge on any atom is -0.288 e. The number of aryl methyl sites for hydroxylation is 1. The van der Waals surface area contributed by atoms with E-state index >= 15 is 0 Å². The quantitative estimate of drug-likeness (QED) is 0.608. The number of aromatic nitrogens is 3. The number of hydrogen-bond donors (Lipinski definition) is 0. The summed E-state index contributed by atoms with van der Waals surface area (Å²) in [6.45, 7) is 5.97. The van der Waals surface area contributed by atoms with Crippen LogP contribution in [0.4, 0.5) is 0 Å². The molecular formula is C9H12ClN3. The van der Waals surface area contributed by atoms with Gasteiger partial charge in [0.15, 0.2) is 0 Å². The summed E-state index contributed by atoms with van der Waals surface area (Å²) in [5.41, 5.74) is 1.90. The molecule has 4 heteroatoms. The van der Waals surface area contributed by atoms with Crippen LogP contribution >= 0.6 is 11.6 Å². The second kappa shape index (κ2) is 4.23. The summed E-state index contributed by atoms with van der Waals surface area (Å²) in [6, 6.07) is 1.73. The molecule has 0 aliphatic carbocycles. The van der Waals surface area contributed by atoms with Crippen LogP contribution in [-0.4, -0.2) is 14.4 Å². The number of fused-ring (bicyclic) bond motifs is 1. The number of halogens is 1. The van der Waals surface area contributed by atoms with E-state index in [4.69, 9.17) is 11.6 Å². The van der Waals surface area contributed by atoms with E-state index in [0.29, 0.717) is 5.15 Å². The van der Waals surface area contributed by atoms with Gasteiger partial charge < -0.3 is 0 Å². The summed E-state index contributed by atoms with van der Waals surface area (Å²) >= 11 is 5.66. The molecule has 0 radical (unpaired) electrons. The zero-order valence-electron chi connectivity index (χ0n) is 7.95. The van der Waals surface area contributed by atoms with E-state index in [-0.39, 0.29) is 0 Å². The largest absolute Gasteiger partial charge is 0.288 e. The van der Waals surface area contributed by atoms with Crippen molar-refractivity contribution < 1.29 is 0 Å². The number of imidazole rings is 1. The highest BCUT2D eigenvalue weighted by molar-refractivity contribution is 6.29. The first-order valence-corrected chi connectivity index (χ1v) is 4.60. The Morgan fingerprint density at radius 1 is 1.31 bits per heavy atom. The van der Waals surface area contributed by atoms with Crippen molar-refractivity contribution >= 4 is 17.2 Å². The first-order chi connectivity index (χ1) is 6.27. The lowest BCUT2D eigenvalue weighted by Crippen LogP contribution is -1.88. The summed E-state index contributed by atoms with van der Waals surface area (Å²) in [6.07, 6.45) is 3.45. The van der Waals surface area contributed by atoms with E-state index in [9.17, 15) is 0 Å². The van der Waals surface area contributed by atoms with Crippen LogP contribution in [0, 0.1) is 6.92 Å². The van der Waals surface area contributed by atoms with Crippen LogP contribution in [0.15, 0.2) is 18.6 Å². The van der Waals surface area contributed by atoms with Gasteiger partial charge >= 0.3 is 0 Å². The normalized spacial score (nSPS) is 9.54. The average molecular weight is 198 g/mol. The summed E-state index contributed by atoms with van der Waals surface area (Å²) in [5.74, 6) is 0. The molecule has 0 fully saturated rings. The maximum Gasteiger partial charge on any atom is 0.141 e. The molecule has 0 bridgehead atoms. The lowest BCUT2D eigenvalue weighted by atomic mass is 10.5. The van der Waals surface area contributed by atoms with Gasteiger partial charge in [-0.2, -0.15) is 0 Å². The molecule has 0 atom stereocenters. The Balaban J connectivity index is 0.000000396. The Labute approximate surface area is 82.4 Å². The van der Waals surface area contributed by atoms with Crippen LogP contribution in [0.3, 0.4) is 0 Å². The fourth-order valence-electron chi connectivity index (χ4n) is 0.978. The minimum absolute atomic E-state index is 0.475. The van der Waals surface area contributed by atoms with E-state index in [1.807, 2.05) is 25.2 Å². The van der Waals surface area contributed by atoms with E-state index in [1.165, 1.54) is 0 Å². The number of nitrogens with zero attached hydrogens (tertiary/aromatic N) is 3. The first kappa shape index (κ1) is 9.99. The second-order valence-corrected chi connectivity index (χ2v) is 2.73. The fraction of sp³-hybridized carbons (Fsp3) is 0.333. The molecule has 2 heterocycles. The van der Waals surface area contributed by atoms with Gasteiger partial charge in [0.1, 0.15) is 17.1 Å². The molecular weight excluding hydrogens is 186 g/mol. The van der Waals surface area contributed by atoms with Crippen molar-refractivity contribution in [3.8, 4) is 0 Å². The summed E-state index contributed by atoms with van der Waals surface area (Å²) in [5, 5.41) is 0.475. The lowest BCUT2D eigenvalue weighted by molar-refractivity contribution is 1.04. The Hall–Kier alpha value is -1.09. The Morgan fingerprint density at radius 2 is 2.00 bits per heavy atom. The SMILES string of the molecule is CC.Cc1cnc2cc(Cl)ncn12. The third-order valence-corrected chi connectivity index (χ3v) is 1.76. The molecule has 0 saturated heterocycles. The molecule has 2 aromatic rings. The van der Waals surface area contributed by atoms with Crippen LogP contribution in [0.5, 0.6) is 0 Å². The van der Waals surface area contributed by atoms with E-state index < -0.39 is 0 Å². The predicted octanol–water partition coefficient (Wildman–Crippen LogP) is 2.72. The summed E-state index contributed by atoms with van der Waals surface area (Å²) in [4.78, 5) is 8.05. The van der Waals surface area contributed by atoms with Crippen LogP contribution in [-0.2, 0) is 0 Å². The van der Waals surface area contributed by atoms with Crippen LogP contribution < -0.4 is 0 Å². The topological polar surface area (TPSA) is 30.2 Å². The maximum absolute atomic E-state index is 5.66. The molecule has 70 valence electrons. The van der Waals surface area contributed by atoms with E-state index in [0.717, 1.165) is 11.3 Å². The summed E-state index contributed by atoms with van der Waals surface area (Å²) in [7, 11) is 0. The second-order valence-electron chi connectivity index (χ2n) is 2.34. The van der Waals surface area contributed by atoms with Crippen LogP contribution in [0.25, 0.3) is 5.65 Å². The van der Waals surface area contributed by atoms with Gasteiger partial charge in [-0.25, -0.2) is 9.97 Å². The lowest BCUT2D eigenvalue weighted by Gasteiger charge is -1.93. The predicted molar refractivity (Wildman–Crippen MR) is 54.1 cm³/mol. The monoisotopic (exact) mass is 197 g/mol. The number of rotatable bonds is 0. The molecule has 0 unspecified atom stereocenters.